The van der Waals surface area contributed by atoms with Gasteiger partial charge < -0.3 is 19.6 Å². The Balaban J connectivity index is 1.46. The molecule has 1 aliphatic rings. The number of hydrogen-bond acceptors (Lipinski definition) is 9. The first-order valence-electron chi connectivity index (χ1n) is 8.96. The zero-order valence-corrected chi connectivity index (χ0v) is 15.7. The number of aryl methyl sites for hydroxylation is 2. The van der Waals surface area contributed by atoms with Gasteiger partial charge in [0, 0.05) is 50.3 Å². The number of carbonyl (C=O) groups excluding carboxylic acids is 1. The highest BCUT2D eigenvalue weighted by atomic mass is 16.5. The van der Waals surface area contributed by atoms with Crippen LogP contribution in [0.15, 0.2) is 35.1 Å². The van der Waals surface area contributed by atoms with E-state index in [-0.39, 0.29) is 11.6 Å². The monoisotopic (exact) mass is 380 g/mol. The molecule has 144 valence electrons. The van der Waals surface area contributed by atoms with E-state index in [4.69, 9.17) is 4.52 Å². The summed E-state index contributed by atoms with van der Waals surface area (Å²) in [6, 6.07) is 5.10. The number of carbonyl (C=O) groups is 1. The summed E-state index contributed by atoms with van der Waals surface area (Å²) in [7, 11) is 0. The van der Waals surface area contributed by atoms with Gasteiger partial charge in [-0.05, 0) is 26.0 Å². The highest BCUT2D eigenvalue weighted by molar-refractivity contribution is 6.02. The number of anilines is 3. The summed E-state index contributed by atoms with van der Waals surface area (Å²) in [5.41, 5.74) is 1.01. The standard InChI is InChI=1S/C18H20N8O2/c1-12-10-14(16(27)23-15-11-13(2)28-24-15)22-18(21-12)26-8-6-25(7-9-26)17-19-4-3-5-20-17/h3-5,10-11H,6-9H2,1-2H3,(H,23,24,27). The topological polar surface area (TPSA) is 113 Å². The van der Waals surface area contributed by atoms with E-state index in [0.717, 1.165) is 24.7 Å². The number of nitrogens with one attached hydrogen (secondary N) is 1. The van der Waals surface area contributed by atoms with E-state index < -0.39 is 0 Å². The molecule has 0 aliphatic carbocycles. The van der Waals surface area contributed by atoms with E-state index in [1.165, 1.54) is 0 Å². The minimum Gasteiger partial charge on any atom is -0.360 e. The summed E-state index contributed by atoms with van der Waals surface area (Å²) in [4.78, 5) is 34.2. The molecule has 1 amide bonds. The van der Waals surface area contributed by atoms with Gasteiger partial charge in [0.15, 0.2) is 5.82 Å². The summed E-state index contributed by atoms with van der Waals surface area (Å²) >= 11 is 0. The van der Waals surface area contributed by atoms with Crippen LogP contribution in [0.25, 0.3) is 0 Å². The normalized spacial score (nSPS) is 14.2. The molecule has 4 heterocycles. The third-order valence-corrected chi connectivity index (χ3v) is 4.34. The highest BCUT2D eigenvalue weighted by Crippen LogP contribution is 2.16. The smallest absolute Gasteiger partial charge is 0.275 e. The minimum absolute atomic E-state index is 0.289. The van der Waals surface area contributed by atoms with Gasteiger partial charge in [0.2, 0.25) is 11.9 Å². The number of piperazine rings is 1. The lowest BCUT2D eigenvalue weighted by atomic mass is 10.3. The largest absolute Gasteiger partial charge is 0.360 e. The quantitative estimate of drug-likeness (QED) is 0.718. The SMILES string of the molecule is Cc1cc(C(=O)Nc2cc(C)on2)nc(N2CCN(c3ncccn3)CC2)n1. The third kappa shape index (κ3) is 3.90. The summed E-state index contributed by atoms with van der Waals surface area (Å²) in [5.74, 6) is 1.88. The van der Waals surface area contributed by atoms with E-state index in [2.05, 4.69) is 40.2 Å². The maximum Gasteiger partial charge on any atom is 0.275 e. The lowest BCUT2D eigenvalue weighted by molar-refractivity contribution is 0.102. The molecule has 0 spiro atoms. The average Bonchev–Trinajstić information content (AvgIpc) is 3.13. The van der Waals surface area contributed by atoms with Gasteiger partial charge in [-0.25, -0.2) is 19.9 Å². The fourth-order valence-electron chi connectivity index (χ4n) is 2.98. The molecular weight excluding hydrogens is 360 g/mol. The molecule has 0 unspecified atom stereocenters. The Bertz CT molecular complexity index is 967. The first kappa shape index (κ1) is 17.8. The molecular formula is C18H20N8O2. The number of aromatic nitrogens is 5. The van der Waals surface area contributed by atoms with Crippen LogP contribution in [-0.4, -0.2) is 57.2 Å². The van der Waals surface area contributed by atoms with Crippen LogP contribution in [0.4, 0.5) is 17.7 Å². The molecule has 0 aromatic carbocycles. The second-order valence-corrected chi connectivity index (χ2v) is 6.49. The Hall–Kier alpha value is -3.56. The maximum absolute atomic E-state index is 12.5. The molecule has 0 atom stereocenters. The Morgan fingerprint density at radius 3 is 2.32 bits per heavy atom. The van der Waals surface area contributed by atoms with E-state index in [9.17, 15) is 4.79 Å². The Kier molecular flexibility index (Phi) is 4.83. The van der Waals surface area contributed by atoms with Crippen LogP contribution in [-0.2, 0) is 0 Å². The Morgan fingerprint density at radius 2 is 1.68 bits per heavy atom. The van der Waals surface area contributed by atoms with Crippen LogP contribution in [0.5, 0.6) is 0 Å². The van der Waals surface area contributed by atoms with Crippen LogP contribution in [0, 0.1) is 13.8 Å². The summed E-state index contributed by atoms with van der Waals surface area (Å²) < 4.78 is 4.97. The molecule has 3 aromatic rings. The molecule has 0 bridgehead atoms. The molecule has 1 fully saturated rings. The van der Waals surface area contributed by atoms with Crippen LogP contribution in [0.2, 0.25) is 0 Å². The van der Waals surface area contributed by atoms with Crippen molar-refractivity contribution in [3.8, 4) is 0 Å². The maximum atomic E-state index is 12.5. The zero-order valence-electron chi connectivity index (χ0n) is 15.7. The number of hydrogen-bond donors (Lipinski definition) is 1. The predicted molar refractivity (Wildman–Crippen MR) is 102 cm³/mol. The lowest BCUT2D eigenvalue weighted by Gasteiger charge is -2.34. The van der Waals surface area contributed by atoms with Crippen LogP contribution >= 0.6 is 0 Å². The van der Waals surface area contributed by atoms with Gasteiger partial charge >= 0.3 is 0 Å². The zero-order chi connectivity index (χ0) is 19.5. The molecule has 10 heteroatoms. The molecule has 1 saturated heterocycles. The molecule has 1 N–H and O–H groups in total. The van der Waals surface area contributed by atoms with Crippen molar-refractivity contribution < 1.29 is 9.32 Å². The third-order valence-electron chi connectivity index (χ3n) is 4.34. The van der Waals surface area contributed by atoms with Crippen molar-refractivity contribution >= 4 is 23.6 Å². The number of amides is 1. The van der Waals surface area contributed by atoms with Gasteiger partial charge in [0.05, 0.1) is 0 Å². The second kappa shape index (κ2) is 7.59. The highest BCUT2D eigenvalue weighted by Gasteiger charge is 2.22. The van der Waals surface area contributed by atoms with Crippen molar-refractivity contribution in [1.29, 1.82) is 0 Å². The first-order chi connectivity index (χ1) is 13.6. The van der Waals surface area contributed by atoms with E-state index in [1.54, 1.807) is 37.5 Å². The van der Waals surface area contributed by atoms with Crippen LogP contribution in [0.3, 0.4) is 0 Å². The summed E-state index contributed by atoms with van der Waals surface area (Å²) in [6.45, 7) is 6.53. The number of rotatable bonds is 4. The summed E-state index contributed by atoms with van der Waals surface area (Å²) in [5, 5.41) is 6.46. The van der Waals surface area contributed by atoms with Gasteiger partial charge in [-0.3, -0.25) is 4.79 Å². The van der Waals surface area contributed by atoms with Gasteiger partial charge in [-0.1, -0.05) is 5.16 Å². The molecule has 4 rings (SSSR count). The van der Waals surface area contributed by atoms with Crippen molar-refractivity contribution in [3.63, 3.8) is 0 Å². The average molecular weight is 380 g/mol. The van der Waals surface area contributed by atoms with Crippen LogP contribution < -0.4 is 15.1 Å². The van der Waals surface area contributed by atoms with Crippen molar-refractivity contribution in [2.45, 2.75) is 13.8 Å². The first-order valence-corrected chi connectivity index (χ1v) is 8.96. The fourth-order valence-corrected chi connectivity index (χ4v) is 2.98. The van der Waals surface area contributed by atoms with Gasteiger partial charge in [0.25, 0.3) is 5.91 Å². The number of nitrogens with zero attached hydrogens (tertiary/aromatic N) is 7. The van der Waals surface area contributed by atoms with Crippen LogP contribution in [0.1, 0.15) is 21.9 Å². The Morgan fingerprint density at radius 1 is 1.00 bits per heavy atom. The van der Waals surface area contributed by atoms with Gasteiger partial charge in [0.1, 0.15) is 11.5 Å². The summed E-state index contributed by atoms with van der Waals surface area (Å²) in [6.07, 6.45) is 3.47. The Labute approximate surface area is 161 Å². The molecule has 1 aliphatic heterocycles. The van der Waals surface area contributed by atoms with Crippen molar-refractivity contribution in [2.75, 3.05) is 41.3 Å². The van der Waals surface area contributed by atoms with Crippen molar-refractivity contribution in [1.82, 2.24) is 25.1 Å². The van der Waals surface area contributed by atoms with Crippen molar-refractivity contribution in [2.24, 2.45) is 0 Å². The van der Waals surface area contributed by atoms with Gasteiger partial charge in [-0.15, -0.1) is 0 Å². The molecule has 10 nitrogen and oxygen atoms in total. The molecule has 0 radical (unpaired) electrons. The lowest BCUT2D eigenvalue weighted by Crippen LogP contribution is -2.47. The van der Waals surface area contributed by atoms with E-state index in [1.807, 2.05) is 6.92 Å². The minimum atomic E-state index is -0.351. The van der Waals surface area contributed by atoms with Gasteiger partial charge in [-0.2, -0.15) is 0 Å². The molecule has 3 aromatic heterocycles. The van der Waals surface area contributed by atoms with E-state index in [0.29, 0.717) is 30.6 Å². The molecule has 28 heavy (non-hydrogen) atoms. The predicted octanol–water partition coefficient (Wildman–Crippen LogP) is 1.45. The molecule has 0 saturated carbocycles. The second-order valence-electron chi connectivity index (χ2n) is 6.49. The van der Waals surface area contributed by atoms with E-state index >= 15 is 0 Å². The fraction of sp³-hybridized carbons (Fsp3) is 0.333. The van der Waals surface area contributed by atoms with Crippen molar-refractivity contribution in [3.05, 3.63) is 47.7 Å².